The summed E-state index contributed by atoms with van der Waals surface area (Å²) >= 11 is 0. The third-order valence-electron chi connectivity index (χ3n) is 2.66. The normalized spacial score (nSPS) is 10.7. The largest absolute Gasteiger partial charge is 0.313 e. The maximum absolute atomic E-state index is 4.28. The van der Waals surface area contributed by atoms with Gasteiger partial charge < -0.3 is 5.32 Å². The number of hydrogen-bond acceptors (Lipinski definition) is 3. The quantitative estimate of drug-likeness (QED) is 0.855. The molecule has 0 aliphatic rings. The minimum absolute atomic E-state index is 0.860. The average Bonchev–Trinajstić information content (AvgIpc) is 2.85. The van der Waals surface area contributed by atoms with Gasteiger partial charge in [0, 0.05) is 42.8 Å². The molecular formula is C13H18N4. The van der Waals surface area contributed by atoms with Crippen LogP contribution in [0.5, 0.6) is 0 Å². The Labute approximate surface area is 102 Å². The maximum Gasteiger partial charge on any atom is 0.0568 e. The number of rotatable bonds is 5. The van der Waals surface area contributed by atoms with Crippen molar-refractivity contribution in [2.24, 2.45) is 0 Å². The molecule has 2 heterocycles. The van der Waals surface area contributed by atoms with Gasteiger partial charge in [-0.1, -0.05) is 6.92 Å². The highest BCUT2D eigenvalue weighted by Crippen LogP contribution is 2.18. The SMILES string of the molecule is CCNCc1cncc(-c2cnn(CC)c2)c1. The van der Waals surface area contributed by atoms with E-state index in [1.807, 2.05) is 29.5 Å². The first kappa shape index (κ1) is 11.8. The van der Waals surface area contributed by atoms with Crippen LogP contribution in [-0.2, 0) is 13.1 Å². The van der Waals surface area contributed by atoms with Crippen molar-refractivity contribution in [2.45, 2.75) is 26.9 Å². The van der Waals surface area contributed by atoms with Gasteiger partial charge in [0.25, 0.3) is 0 Å². The Morgan fingerprint density at radius 1 is 1.18 bits per heavy atom. The molecule has 17 heavy (non-hydrogen) atoms. The van der Waals surface area contributed by atoms with Crippen LogP contribution in [0.1, 0.15) is 19.4 Å². The predicted molar refractivity (Wildman–Crippen MR) is 68.5 cm³/mol. The zero-order valence-electron chi connectivity index (χ0n) is 10.3. The third kappa shape index (κ3) is 2.91. The van der Waals surface area contributed by atoms with Crippen molar-refractivity contribution in [1.29, 1.82) is 0 Å². The first-order valence-electron chi connectivity index (χ1n) is 6.01. The summed E-state index contributed by atoms with van der Waals surface area (Å²) in [6, 6.07) is 2.16. The number of hydrogen-bond donors (Lipinski definition) is 1. The van der Waals surface area contributed by atoms with Crippen molar-refractivity contribution < 1.29 is 0 Å². The second kappa shape index (κ2) is 5.59. The minimum Gasteiger partial charge on any atom is -0.313 e. The van der Waals surface area contributed by atoms with Crippen molar-refractivity contribution >= 4 is 0 Å². The van der Waals surface area contributed by atoms with E-state index in [2.05, 4.69) is 35.3 Å². The summed E-state index contributed by atoms with van der Waals surface area (Å²) in [4.78, 5) is 4.27. The summed E-state index contributed by atoms with van der Waals surface area (Å²) in [5.74, 6) is 0. The van der Waals surface area contributed by atoms with Gasteiger partial charge in [-0.25, -0.2) is 0 Å². The molecule has 4 heteroatoms. The first-order valence-corrected chi connectivity index (χ1v) is 6.01. The van der Waals surface area contributed by atoms with Crippen LogP contribution in [-0.4, -0.2) is 21.3 Å². The molecule has 2 aromatic heterocycles. The molecule has 90 valence electrons. The highest BCUT2D eigenvalue weighted by atomic mass is 15.3. The number of nitrogens with one attached hydrogen (secondary N) is 1. The number of nitrogens with zero attached hydrogens (tertiary/aromatic N) is 3. The van der Waals surface area contributed by atoms with E-state index in [-0.39, 0.29) is 0 Å². The van der Waals surface area contributed by atoms with E-state index in [1.165, 1.54) is 5.56 Å². The van der Waals surface area contributed by atoms with Crippen LogP contribution in [0.4, 0.5) is 0 Å². The monoisotopic (exact) mass is 230 g/mol. The number of aryl methyl sites for hydroxylation is 1. The summed E-state index contributed by atoms with van der Waals surface area (Å²) < 4.78 is 1.92. The molecule has 1 N–H and O–H groups in total. The van der Waals surface area contributed by atoms with Crippen molar-refractivity contribution in [3.63, 3.8) is 0 Å². The third-order valence-corrected chi connectivity index (χ3v) is 2.66. The Hall–Kier alpha value is -1.68. The highest BCUT2D eigenvalue weighted by molar-refractivity contribution is 5.61. The van der Waals surface area contributed by atoms with Crippen LogP contribution in [0.3, 0.4) is 0 Å². The Balaban J connectivity index is 2.20. The van der Waals surface area contributed by atoms with Gasteiger partial charge in [0.15, 0.2) is 0 Å². The zero-order chi connectivity index (χ0) is 12.1. The van der Waals surface area contributed by atoms with Gasteiger partial charge in [0.05, 0.1) is 6.20 Å². The second-order valence-corrected chi connectivity index (χ2v) is 3.95. The average molecular weight is 230 g/mol. The van der Waals surface area contributed by atoms with Gasteiger partial charge in [-0.3, -0.25) is 9.67 Å². The van der Waals surface area contributed by atoms with E-state index in [4.69, 9.17) is 0 Å². The molecule has 2 rings (SSSR count). The number of aromatic nitrogens is 3. The summed E-state index contributed by atoms with van der Waals surface area (Å²) in [5.41, 5.74) is 3.45. The fourth-order valence-electron chi connectivity index (χ4n) is 1.70. The molecule has 0 radical (unpaired) electrons. The smallest absolute Gasteiger partial charge is 0.0568 e. The van der Waals surface area contributed by atoms with Crippen LogP contribution < -0.4 is 5.32 Å². The fraction of sp³-hybridized carbons (Fsp3) is 0.385. The molecule has 0 unspecified atom stereocenters. The molecule has 0 aliphatic heterocycles. The second-order valence-electron chi connectivity index (χ2n) is 3.95. The lowest BCUT2D eigenvalue weighted by molar-refractivity contribution is 0.660. The van der Waals surface area contributed by atoms with Crippen LogP contribution in [0.2, 0.25) is 0 Å². The predicted octanol–water partition coefficient (Wildman–Crippen LogP) is 2.07. The van der Waals surface area contributed by atoms with Crippen molar-refractivity contribution in [3.05, 3.63) is 36.4 Å². The Bertz CT molecular complexity index is 476. The summed E-state index contributed by atoms with van der Waals surface area (Å²) in [7, 11) is 0. The Morgan fingerprint density at radius 2 is 2.06 bits per heavy atom. The number of pyridine rings is 1. The summed E-state index contributed by atoms with van der Waals surface area (Å²) in [5, 5.41) is 7.57. The summed E-state index contributed by atoms with van der Waals surface area (Å²) in [6.45, 7) is 6.90. The van der Waals surface area contributed by atoms with E-state index in [0.717, 1.165) is 30.8 Å². The van der Waals surface area contributed by atoms with Gasteiger partial charge in [-0.15, -0.1) is 0 Å². The van der Waals surface area contributed by atoms with Crippen molar-refractivity contribution in [1.82, 2.24) is 20.1 Å². The summed E-state index contributed by atoms with van der Waals surface area (Å²) in [6.07, 6.45) is 7.72. The Morgan fingerprint density at radius 3 is 2.76 bits per heavy atom. The standard InChI is InChI=1S/C13H18N4/c1-3-14-6-11-5-12(8-15-7-11)13-9-16-17(4-2)10-13/h5,7-10,14H,3-4,6H2,1-2H3. The molecule has 0 amide bonds. The molecule has 0 spiro atoms. The molecule has 0 bridgehead atoms. The van der Waals surface area contributed by atoms with E-state index in [9.17, 15) is 0 Å². The minimum atomic E-state index is 0.860. The van der Waals surface area contributed by atoms with Gasteiger partial charge in [0.2, 0.25) is 0 Å². The highest BCUT2D eigenvalue weighted by Gasteiger charge is 2.02. The fourth-order valence-corrected chi connectivity index (χ4v) is 1.70. The van der Waals surface area contributed by atoms with Gasteiger partial charge in [-0.2, -0.15) is 5.10 Å². The Kier molecular flexibility index (Phi) is 3.88. The molecule has 0 aromatic carbocycles. The molecule has 0 saturated carbocycles. The van der Waals surface area contributed by atoms with Crippen LogP contribution >= 0.6 is 0 Å². The topological polar surface area (TPSA) is 42.7 Å². The maximum atomic E-state index is 4.28. The molecular weight excluding hydrogens is 212 g/mol. The van der Waals surface area contributed by atoms with E-state index in [1.54, 1.807) is 0 Å². The molecule has 0 fully saturated rings. The van der Waals surface area contributed by atoms with Gasteiger partial charge in [0.1, 0.15) is 0 Å². The van der Waals surface area contributed by atoms with Crippen molar-refractivity contribution in [2.75, 3.05) is 6.54 Å². The lowest BCUT2D eigenvalue weighted by atomic mass is 10.1. The van der Waals surface area contributed by atoms with E-state index >= 15 is 0 Å². The van der Waals surface area contributed by atoms with E-state index < -0.39 is 0 Å². The van der Waals surface area contributed by atoms with Gasteiger partial charge in [-0.05, 0) is 25.1 Å². The zero-order valence-corrected chi connectivity index (χ0v) is 10.3. The molecule has 2 aromatic rings. The first-order chi connectivity index (χ1) is 8.33. The van der Waals surface area contributed by atoms with E-state index in [0.29, 0.717) is 0 Å². The van der Waals surface area contributed by atoms with Gasteiger partial charge >= 0.3 is 0 Å². The molecule has 0 aliphatic carbocycles. The lowest BCUT2D eigenvalue weighted by Crippen LogP contribution is -2.11. The van der Waals surface area contributed by atoms with Crippen molar-refractivity contribution in [3.8, 4) is 11.1 Å². The molecule has 0 saturated heterocycles. The molecule has 0 atom stereocenters. The lowest BCUT2D eigenvalue weighted by Gasteiger charge is -2.03. The van der Waals surface area contributed by atoms with Crippen LogP contribution in [0.15, 0.2) is 30.9 Å². The molecule has 4 nitrogen and oxygen atoms in total. The van der Waals surface area contributed by atoms with Crippen LogP contribution in [0, 0.1) is 0 Å². The van der Waals surface area contributed by atoms with Crippen LogP contribution in [0.25, 0.3) is 11.1 Å².